The van der Waals surface area contributed by atoms with Crippen LogP contribution in [0.4, 0.5) is 5.69 Å². The smallest absolute Gasteiger partial charge is 0.0369 e. The quantitative estimate of drug-likeness (QED) is 0.819. The maximum absolute atomic E-state index is 3.60. The molecule has 0 aromatic heterocycles. The minimum atomic E-state index is 0.627. The Morgan fingerprint density at radius 1 is 1.17 bits per heavy atom. The zero-order chi connectivity index (χ0) is 13.1. The summed E-state index contributed by atoms with van der Waals surface area (Å²) in [5.41, 5.74) is 4.17. The van der Waals surface area contributed by atoms with Crippen LogP contribution in [0, 0.1) is 19.8 Å². The summed E-state index contributed by atoms with van der Waals surface area (Å²) in [4.78, 5) is 2.55. The molecule has 1 N–H and O–H groups in total. The third kappa shape index (κ3) is 3.26. The second-order valence-electron chi connectivity index (χ2n) is 5.92. The zero-order valence-corrected chi connectivity index (χ0v) is 12.2. The predicted octanol–water partition coefficient (Wildman–Crippen LogP) is 3.13. The summed E-state index contributed by atoms with van der Waals surface area (Å²) < 4.78 is 0. The maximum atomic E-state index is 3.60. The monoisotopic (exact) mass is 246 g/mol. The van der Waals surface area contributed by atoms with Gasteiger partial charge in [-0.3, -0.25) is 0 Å². The van der Waals surface area contributed by atoms with Crippen LogP contribution in [-0.2, 0) is 0 Å². The van der Waals surface area contributed by atoms with Crippen LogP contribution < -0.4 is 10.2 Å². The molecule has 1 heterocycles. The highest BCUT2D eigenvalue weighted by Crippen LogP contribution is 2.21. The van der Waals surface area contributed by atoms with E-state index >= 15 is 0 Å². The number of benzene rings is 1. The number of hydrogen-bond donors (Lipinski definition) is 1. The number of aryl methyl sites for hydroxylation is 2. The number of rotatable bonds is 1. The molecule has 1 aromatic carbocycles. The van der Waals surface area contributed by atoms with Crippen molar-refractivity contribution in [1.82, 2.24) is 5.32 Å². The van der Waals surface area contributed by atoms with E-state index in [1.165, 1.54) is 23.2 Å². The van der Waals surface area contributed by atoms with Crippen LogP contribution in [0.2, 0.25) is 0 Å². The van der Waals surface area contributed by atoms with Crippen molar-refractivity contribution in [3.05, 3.63) is 29.3 Å². The van der Waals surface area contributed by atoms with Crippen LogP contribution in [0.1, 0.15) is 31.4 Å². The Kier molecular flexibility index (Phi) is 4.28. The number of nitrogens with one attached hydrogen (secondary N) is 1. The molecule has 1 fully saturated rings. The second-order valence-corrected chi connectivity index (χ2v) is 5.92. The van der Waals surface area contributed by atoms with Gasteiger partial charge in [-0.05, 0) is 62.9 Å². The van der Waals surface area contributed by atoms with Gasteiger partial charge in [-0.25, -0.2) is 0 Å². The summed E-state index contributed by atoms with van der Waals surface area (Å²) in [7, 11) is 0. The number of hydrogen-bond acceptors (Lipinski definition) is 2. The molecular formula is C16H26N2. The highest BCUT2D eigenvalue weighted by molar-refractivity contribution is 5.50. The predicted molar refractivity (Wildman–Crippen MR) is 79.4 cm³/mol. The zero-order valence-electron chi connectivity index (χ0n) is 12.2. The number of anilines is 1. The first-order valence-corrected chi connectivity index (χ1v) is 7.12. The Morgan fingerprint density at radius 2 is 1.94 bits per heavy atom. The molecule has 0 saturated carbocycles. The Balaban J connectivity index is 2.15. The fourth-order valence-electron chi connectivity index (χ4n) is 2.54. The lowest BCUT2D eigenvalue weighted by atomic mass is 10.0. The first kappa shape index (κ1) is 13.4. The molecule has 0 amide bonds. The molecule has 2 unspecified atom stereocenters. The molecule has 1 aliphatic heterocycles. The van der Waals surface area contributed by atoms with Crippen molar-refractivity contribution >= 4 is 5.69 Å². The lowest BCUT2D eigenvalue weighted by Gasteiger charge is -2.33. The van der Waals surface area contributed by atoms with Gasteiger partial charge in [0.05, 0.1) is 0 Å². The van der Waals surface area contributed by atoms with E-state index in [1.54, 1.807) is 0 Å². The van der Waals surface area contributed by atoms with Gasteiger partial charge in [0.25, 0.3) is 0 Å². The van der Waals surface area contributed by atoms with Gasteiger partial charge in [-0.2, -0.15) is 0 Å². The van der Waals surface area contributed by atoms with Crippen LogP contribution in [0.25, 0.3) is 0 Å². The van der Waals surface area contributed by atoms with Gasteiger partial charge in [0.1, 0.15) is 0 Å². The highest BCUT2D eigenvalue weighted by atomic mass is 15.1. The maximum Gasteiger partial charge on any atom is 0.0369 e. The van der Waals surface area contributed by atoms with E-state index < -0.39 is 0 Å². The minimum Gasteiger partial charge on any atom is -0.371 e. The van der Waals surface area contributed by atoms with Crippen molar-refractivity contribution in [3.8, 4) is 0 Å². The molecule has 0 radical (unpaired) electrons. The summed E-state index contributed by atoms with van der Waals surface area (Å²) in [6.07, 6.45) is 1.22. The molecule has 1 saturated heterocycles. The topological polar surface area (TPSA) is 15.3 Å². The molecule has 2 heteroatoms. The van der Waals surface area contributed by atoms with Gasteiger partial charge in [0.15, 0.2) is 0 Å². The fraction of sp³-hybridized carbons (Fsp3) is 0.625. The molecule has 1 aromatic rings. The van der Waals surface area contributed by atoms with Crippen LogP contribution in [0.15, 0.2) is 18.2 Å². The summed E-state index contributed by atoms with van der Waals surface area (Å²) in [5, 5.41) is 3.60. The van der Waals surface area contributed by atoms with Crippen molar-refractivity contribution in [2.24, 2.45) is 5.92 Å². The molecule has 1 aliphatic rings. The van der Waals surface area contributed by atoms with E-state index in [9.17, 15) is 0 Å². The molecule has 2 rings (SSSR count). The first-order valence-electron chi connectivity index (χ1n) is 7.12. The van der Waals surface area contributed by atoms with E-state index in [-0.39, 0.29) is 0 Å². The van der Waals surface area contributed by atoms with Crippen molar-refractivity contribution in [3.63, 3.8) is 0 Å². The SMILES string of the molecule is Cc1ccc(N2CCC(C)NCC(C)C2)cc1C. The summed E-state index contributed by atoms with van der Waals surface area (Å²) >= 11 is 0. The first-order chi connectivity index (χ1) is 8.56. The third-order valence-corrected chi connectivity index (χ3v) is 4.03. The molecule has 2 atom stereocenters. The number of nitrogens with zero attached hydrogens (tertiary/aromatic N) is 1. The molecule has 0 spiro atoms. The highest BCUT2D eigenvalue weighted by Gasteiger charge is 2.16. The van der Waals surface area contributed by atoms with E-state index in [0.29, 0.717) is 12.0 Å². The third-order valence-electron chi connectivity index (χ3n) is 4.03. The van der Waals surface area contributed by atoms with Gasteiger partial charge >= 0.3 is 0 Å². The van der Waals surface area contributed by atoms with Crippen LogP contribution in [-0.4, -0.2) is 25.7 Å². The van der Waals surface area contributed by atoms with Crippen LogP contribution in [0.5, 0.6) is 0 Å². The van der Waals surface area contributed by atoms with E-state index in [0.717, 1.165) is 19.6 Å². The Morgan fingerprint density at radius 3 is 2.67 bits per heavy atom. The Bertz CT molecular complexity index is 400. The van der Waals surface area contributed by atoms with Crippen molar-refractivity contribution < 1.29 is 0 Å². The molecular weight excluding hydrogens is 220 g/mol. The van der Waals surface area contributed by atoms with Crippen LogP contribution in [0.3, 0.4) is 0 Å². The average molecular weight is 246 g/mol. The van der Waals surface area contributed by atoms with Gasteiger partial charge in [0.2, 0.25) is 0 Å². The minimum absolute atomic E-state index is 0.627. The Labute approximate surface area is 111 Å². The van der Waals surface area contributed by atoms with Crippen molar-refractivity contribution in [1.29, 1.82) is 0 Å². The standard InChI is InChI=1S/C16H26N2/c1-12-10-17-15(4)7-8-18(11-12)16-6-5-13(2)14(3)9-16/h5-6,9,12,15,17H,7-8,10-11H2,1-4H3. The van der Waals surface area contributed by atoms with E-state index in [1.807, 2.05) is 0 Å². The lowest BCUT2D eigenvalue weighted by Crippen LogP contribution is -2.42. The van der Waals surface area contributed by atoms with Crippen LogP contribution >= 0.6 is 0 Å². The molecule has 0 aliphatic carbocycles. The van der Waals surface area contributed by atoms with Gasteiger partial charge in [0, 0.05) is 24.8 Å². The second kappa shape index (κ2) is 5.75. The van der Waals surface area contributed by atoms with E-state index in [4.69, 9.17) is 0 Å². The molecule has 100 valence electrons. The molecule has 2 nitrogen and oxygen atoms in total. The van der Waals surface area contributed by atoms with Crippen molar-refractivity contribution in [2.45, 2.75) is 40.2 Å². The fourth-order valence-corrected chi connectivity index (χ4v) is 2.54. The Hall–Kier alpha value is -1.02. The lowest BCUT2D eigenvalue weighted by molar-refractivity contribution is 0.411. The van der Waals surface area contributed by atoms with Crippen molar-refractivity contribution in [2.75, 3.05) is 24.5 Å². The average Bonchev–Trinajstić information content (AvgIpc) is 2.33. The summed E-state index contributed by atoms with van der Waals surface area (Å²) in [6, 6.07) is 7.48. The normalized spacial score (nSPS) is 25.7. The van der Waals surface area contributed by atoms with Gasteiger partial charge in [-0.15, -0.1) is 0 Å². The summed E-state index contributed by atoms with van der Waals surface area (Å²) in [6.45, 7) is 12.4. The largest absolute Gasteiger partial charge is 0.371 e. The van der Waals surface area contributed by atoms with E-state index in [2.05, 4.69) is 56.1 Å². The summed E-state index contributed by atoms with van der Waals surface area (Å²) in [5.74, 6) is 0.703. The molecule has 0 bridgehead atoms. The van der Waals surface area contributed by atoms with Gasteiger partial charge < -0.3 is 10.2 Å². The molecule has 18 heavy (non-hydrogen) atoms. The van der Waals surface area contributed by atoms with Gasteiger partial charge in [-0.1, -0.05) is 13.0 Å².